The Morgan fingerprint density at radius 3 is 2.55 bits per heavy atom. The van der Waals surface area contributed by atoms with Crippen molar-refractivity contribution in [3.05, 3.63) is 0 Å². The number of hydrogen-bond donors (Lipinski definition) is 0. The zero-order valence-corrected chi connectivity index (χ0v) is 6.65. The van der Waals surface area contributed by atoms with Crippen molar-refractivity contribution in [1.82, 2.24) is 0 Å². The minimum absolute atomic E-state index is 0.190. The summed E-state index contributed by atoms with van der Waals surface area (Å²) >= 11 is 0. The molecule has 4 heteroatoms. The molecule has 0 spiro atoms. The summed E-state index contributed by atoms with van der Waals surface area (Å²) in [4.78, 5) is 10.4. The first-order chi connectivity index (χ1) is 5.31. The van der Waals surface area contributed by atoms with E-state index in [1.807, 2.05) is 0 Å². The van der Waals surface area contributed by atoms with Crippen molar-refractivity contribution >= 4 is 6.29 Å². The van der Waals surface area contributed by atoms with Crippen molar-refractivity contribution in [1.29, 1.82) is 0 Å². The van der Waals surface area contributed by atoms with Gasteiger partial charge in [0.25, 0.3) is 0 Å². The lowest BCUT2D eigenvalue weighted by Gasteiger charge is -2.11. The van der Waals surface area contributed by atoms with E-state index in [2.05, 4.69) is 0 Å². The van der Waals surface area contributed by atoms with E-state index in [-0.39, 0.29) is 12.2 Å². The summed E-state index contributed by atoms with van der Waals surface area (Å²) in [5, 5.41) is 0. The molecular weight excluding hydrogens is 148 g/mol. The van der Waals surface area contributed by atoms with Gasteiger partial charge in [-0.2, -0.15) is 0 Å². The third-order valence-electron chi connectivity index (χ3n) is 1.77. The summed E-state index contributed by atoms with van der Waals surface area (Å²) in [6, 6.07) is 0. The largest absolute Gasteiger partial charge is 0.356 e. The number of ether oxygens (including phenoxy) is 3. The van der Waals surface area contributed by atoms with Gasteiger partial charge in [0.05, 0.1) is 5.92 Å². The lowest BCUT2D eigenvalue weighted by atomic mass is 10.1. The SMILES string of the molecule is CO[C@H]1C[C@@H](C=O)[C@H](OC)O1. The molecule has 4 nitrogen and oxygen atoms in total. The molecule has 0 N–H and O–H groups in total. The Morgan fingerprint density at radius 1 is 1.45 bits per heavy atom. The first-order valence-corrected chi connectivity index (χ1v) is 3.48. The predicted octanol–water partition coefficient (Wildman–Crippen LogP) is 0.167. The van der Waals surface area contributed by atoms with Gasteiger partial charge in [0.15, 0.2) is 12.6 Å². The second kappa shape index (κ2) is 3.80. The lowest BCUT2D eigenvalue weighted by Crippen LogP contribution is -2.19. The van der Waals surface area contributed by atoms with Crippen LogP contribution in [0.4, 0.5) is 0 Å². The highest BCUT2D eigenvalue weighted by atomic mass is 16.8. The van der Waals surface area contributed by atoms with E-state index in [0.29, 0.717) is 6.42 Å². The molecular formula is C7H12O4. The van der Waals surface area contributed by atoms with E-state index in [9.17, 15) is 4.79 Å². The van der Waals surface area contributed by atoms with Crippen molar-refractivity contribution in [2.24, 2.45) is 5.92 Å². The molecule has 0 aromatic carbocycles. The summed E-state index contributed by atoms with van der Waals surface area (Å²) in [5.41, 5.74) is 0. The summed E-state index contributed by atoms with van der Waals surface area (Å²) in [7, 11) is 3.06. The Bertz CT molecular complexity index is 136. The van der Waals surface area contributed by atoms with Gasteiger partial charge in [-0.3, -0.25) is 0 Å². The molecule has 1 aliphatic heterocycles. The number of carbonyl (C=O) groups is 1. The number of aldehydes is 1. The smallest absolute Gasteiger partial charge is 0.169 e. The highest BCUT2D eigenvalue weighted by molar-refractivity contribution is 5.54. The van der Waals surface area contributed by atoms with E-state index < -0.39 is 6.29 Å². The summed E-state index contributed by atoms with van der Waals surface area (Å²) in [6.45, 7) is 0. The third kappa shape index (κ3) is 1.77. The Morgan fingerprint density at radius 2 is 2.18 bits per heavy atom. The van der Waals surface area contributed by atoms with Crippen LogP contribution in [0.2, 0.25) is 0 Å². The normalized spacial score (nSPS) is 37.5. The third-order valence-corrected chi connectivity index (χ3v) is 1.77. The summed E-state index contributed by atoms with van der Waals surface area (Å²) in [6.07, 6.45) is 0.693. The summed E-state index contributed by atoms with van der Waals surface area (Å²) < 4.78 is 15.0. The fraction of sp³-hybridized carbons (Fsp3) is 0.857. The van der Waals surface area contributed by atoms with Crippen LogP contribution in [0.15, 0.2) is 0 Å². The van der Waals surface area contributed by atoms with Crippen molar-refractivity contribution in [2.75, 3.05) is 14.2 Å². The average molecular weight is 160 g/mol. The Balaban J connectivity index is 2.47. The van der Waals surface area contributed by atoms with E-state index >= 15 is 0 Å². The van der Waals surface area contributed by atoms with Gasteiger partial charge < -0.3 is 19.0 Å². The fourth-order valence-electron chi connectivity index (χ4n) is 1.14. The minimum Gasteiger partial charge on any atom is -0.356 e. The highest BCUT2D eigenvalue weighted by Gasteiger charge is 2.34. The molecule has 1 rings (SSSR count). The first kappa shape index (κ1) is 8.64. The number of carbonyl (C=O) groups excluding carboxylic acids is 1. The van der Waals surface area contributed by atoms with E-state index in [1.54, 1.807) is 7.11 Å². The predicted molar refractivity (Wildman–Crippen MR) is 36.9 cm³/mol. The molecule has 1 heterocycles. The second-order valence-electron chi connectivity index (χ2n) is 2.44. The Hall–Kier alpha value is -0.450. The highest BCUT2D eigenvalue weighted by Crippen LogP contribution is 2.25. The molecule has 0 bridgehead atoms. The van der Waals surface area contributed by atoms with Crippen LogP contribution in [0.3, 0.4) is 0 Å². The van der Waals surface area contributed by atoms with Crippen LogP contribution < -0.4 is 0 Å². The van der Waals surface area contributed by atoms with Crippen molar-refractivity contribution in [3.63, 3.8) is 0 Å². The fourth-order valence-corrected chi connectivity index (χ4v) is 1.14. The standard InChI is InChI=1S/C7H12O4/c1-9-6-3-5(4-8)7(10-2)11-6/h4-7H,3H2,1-2H3/t5-,6+,7+/m0/s1. The Kier molecular flexibility index (Phi) is 2.99. The van der Waals surface area contributed by atoms with Crippen molar-refractivity contribution in [3.8, 4) is 0 Å². The van der Waals surface area contributed by atoms with E-state index in [4.69, 9.17) is 14.2 Å². The quantitative estimate of drug-likeness (QED) is 0.552. The number of hydrogen-bond acceptors (Lipinski definition) is 4. The monoisotopic (exact) mass is 160 g/mol. The van der Waals surface area contributed by atoms with E-state index in [0.717, 1.165) is 6.29 Å². The maximum absolute atomic E-state index is 10.4. The second-order valence-corrected chi connectivity index (χ2v) is 2.44. The molecule has 0 aromatic heterocycles. The van der Waals surface area contributed by atoms with Gasteiger partial charge in [-0.25, -0.2) is 0 Å². The molecule has 3 atom stereocenters. The van der Waals surface area contributed by atoms with E-state index in [1.165, 1.54) is 7.11 Å². The molecule has 0 unspecified atom stereocenters. The van der Waals surface area contributed by atoms with Gasteiger partial charge in [-0.1, -0.05) is 0 Å². The molecule has 1 fully saturated rings. The van der Waals surface area contributed by atoms with Gasteiger partial charge in [-0.05, 0) is 0 Å². The minimum atomic E-state index is -0.433. The van der Waals surface area contributed by atoms with Gasteiger partial charge in [0, 0.05) is 20.6 Å². The van der Waals surface area contributed by atoms with Crippen LogP contribution in [-0.4, -0.2) is 33.1 Å². The molecule has 0 radical (unpaired) electrons. The molecule has 1 saturated heterocycles. The van der Waals surface area contributed by atoms with Crippen LogP contribution in [0.1, 0.15) is 6.42 Å². The van der Waals surface area contributed by atoms with Gasteiger partial charge in [-0.15, -0.1) is 0 Å². The molecule has 0 saturated carbocycles. The molecule has 0 amide bonds. The summed E-state index contributed by atoms with van der Waals surface area (Å²) in [5.74, 6) is -0.190. The maximum atomic E-state index is 10.4. The lowest BCUT2D eigenvalue weighted by molar-refractivity contribution is -0.192. The maximum Gasteiger partial charge on any atom is 0.169 e. The van der Waals surface area contributed by atoms with Crippen molar-refractivity contribution < 1.29 is 19.0 Å². The zero-order chi connectivity index (χ0) is 8.27. The van der Waals surface area contributed by atoms with Crippen LogP contribution in [0, 0.1) is 5.92 Å². The van der Waals surface area contributed by atoms with Crippen molar-refractivity contribution in [2.45, 2.75) is 19.0 Å². The van der Waals surface area contributed by atoms with Crippen LogP contribution in [-0.2, 0) is 19.0 Å². The zero-order valence-electron chi connectivity index (χ0n) is 6.65. The van der Waals surface area contributed by atoms with Gasteiger partial charge in [0.2, 0.25) is 0 Å². The van der Waals surface area contributed by atoms with Gasteiger partial charge >= 0.3 is 0 Å². The number of rotatable bonds is 3. The molecule has 0 aliphatic carbocycles. The van der Waals surface area contributed by atoms with Gasteiger partial charge in [0.1, 0.15) is 6.29 Å². The average Bonchev–Trinajstić information content (AvgIpc) is 2.46. The molecule has 1 aliphatic rings. The topological polar surface area (TPSA) is 44.8 Å². The van der Waals surface area contributed by atoms with Crippen LogP contribution in [0.5, 0.6) is 0 Å². The number of methoxy groups -OCH3 is 2. The van der Waals surface area contributed by atoms with Crippen LogP contribution >= 0.6 is 0 Å². The molecule has 0 aromatic rings. The van der Waals surface area contributed by atoms with Crippen LogP contribution in [0.25, 0.3) is 0 Å². The first-order valence-electron chi connectivity index (χ1n) is 3.48. The Labute approximate surface area is 65.4 Å². The molecule has 64 valence electrons. The molecule has 11 heavy (non-hydrogen) atoms.